The Labute approximate surface area is 130 Å². The largest absolute Gasteiger partial charge is 1.00 e. The maximum Gasteiger partial charge on any atom is 0.169 e. The monoisotopic (exact) mass is 365 g/mol. The van der Waals surface area contributed by atoms with E-state index in [0.29, 0.717) is 0 Å². The Morgan fingerprint density at radius 3 is 2.21 bits per heavy atom. The summed E-state index contributed by atoms with van der Waals surface area (Å²) < 4.78 is 8.01. The molecule has 3 heteroatoms. The molecular formula is C16H16INO. The molecule has 2 aromatic heterocycles. The first-order chi connectivity index (χ1) is 8.65. The summed E-state index contributed by atoms with van der Waals surface area (Å²) in [6.45, 7) is 4.20. The van der Waals surface area contributed by atoms with E-state index < -0.39 is 0 Å². The summed E-state index contributed by atoms with van der Waals surface area (Å²) in [5, 5.41) is 1.21. The number of fused-ring (bicyclic) bond motifs is 1. The highest BCUT2D eigenvalue weighted by Gasteiger charge is 2.10. The molecule has 0 bridgehead atoms. The van der Waals surface area contributed by atoms with Crippen LogP contribution in [0.5, 0.6) is 0 Å². The molecule has 19 heavy (non-hydrogen) atoms. The molecule has 2 nitrogen and oxygen atoms in total. The van der Waals surface area contributed by atoms with Gasteiger partial charge >= 0.3 is 0 Å². The third-order valence-corrected chi connectivity index (χ3v) is 3.36. The van der Waals surface area contributed by atoms with Gasteiger partial charge in [0.15, 0.2) is 12.4 Å². The van der Waals surface area contributed by atoms with Gasteiger partial charge in [-0.25, -0.2) is 4.57 Å². The van der Waals surface area contributed by atoms with Crippen LogP contribution in [0.1, 0.15) is 11.1 Å². The first-order valence-corrected chi connectivity index (χ1v) is 6.10. The van der Waals surface area contributed by atoms with Gasteiger partial charge < -0.3 is 28.4 Å². The molecule has 0 atom stereocenters. The molecule has 0 N–H and O–H groups in total. The Morgan fingerprint density at radius 1 is 0.947 bits per heavy atom. The summed E-state index contributed by atoms with van der Waals surface area (Å²) >= 11 is 0. The van der Waals surface area contributed by atoms with Gasteiger partial charge in [0.2, 0.25) is 0 Å². The second kappa shape index (κ2) is 5.33. The Balaban J connectivity index is 0.00000133. The van der Waals surface area contributed by atoms with Crippen molar-refractivity contribution in [3.63, 3.8) is 0 Å². The summed E-state index contributed by atoms with van der Waals surface area (Å²) in [5.41, 5.74) is 4.55. The number of rotatable bonds is 1. The fourth-order valence-electron chi connectivity index (χ4n) is 2.20. The fraction of sp³-hybridized carbons (Fsp3) is 0.188. The quantitative estimate of drug-likeness (QED) is 0.455. The zero-order valence-corrected chi connectivity index (χ0v) is 13.4. The normalized spacial score (nSPS) is 10.5. The SMILES string of the molecule is Cc1ccc(C)c2oc(-c3cc[n+](C)cc3)cc12.[I-]. The lowest BCUT2D eigenvalue weighted by atomic mass is 10.1. The molecule has 0 saturated carbocycles. The zero-order valence-electron chi connectivity index (χ0n) is 11.3. The Morgan fingerprint density at radius 2 is 1.58 bits per heavy atom. The van der Waals surface area contributed by atoms with E-state index in [1.807, 2.05) is 24.0 Å². The third-order valence-electron chi connectivity index (χ3n) is 3.36. The van der Waals surface area contributed by atoms with Crippen LogP contribution in [0.15, 0.2) is 47.1 Å². The summed E-state index contributed by atoms with van der Waals surface area (Å²) in [4.78, 5) is 0. The summed E-state index contributed by atoms with van der Waals surface area (Å²) in [7, 11) is 2.01. The van der Waals surface area contributed by atoms with Crippen molar-refractivity contribution in [2.75, 3.05) is 0 Å². The van der Waals surface area contributed by atoms with Gasteiger partial charge in [-0.15, -0.1) is 0 Å². The topological polar surface area (TPSA) is 17.0 Å². The second-order valence-corrected chi connectivity index (χ2v) is 4.81. The first-order valence-electron chi connectivity index (χ1n) is 6.10. The fourth-order valence-corrected chi connectivity index (χ4v) is 2.20. The van der Waals surface area contributed by atoms with Crippen LogP contribution in [0, 0.1) is 13.8 Å². The minimum Gasteiger partial charge on any atom is -1.00 e. The van der Waals surface area contributed by atoms with E-state index in [1.165, 1.54) is 16.5 Å². The number of halogens is 1. The zero-order chi connectivity index (χ0) is 12.7. The lowest BCUT2D eigenvalue weighted by molar-refractivity contribution is -0.671. The van der Waals surface area contributed by atoms with Crippen molar-refractivity contribution >= 4 is 11.0 Å². The minimum atomic E-state index is 0. The molecule has 0 aliphatic rings. The van der Waals surface area contributed by atoms with Gasteiger partial charge in [-0.3, -0.25) is 0 Å². The van der Waals surface area contributed by atoms with Crippen molar-refractivity contribution in [3.05, 3.63) is 53.9 Å². The molecule has 0 aliphatic heterocycles. The van der Waals surface area contributed by atoms with Crippen molar-refractivity contribution in [2.24, 2.45) is 7.05 Å². The molecular weight excluding hydrogens is 349 g/mol. The highest BCUT2D eigenvalue weighted by atomic mass is 127. The van der Waals surface area contributed by atoms with Gasteiger partial charge in [-0.05, 0) is 31.0 Å². The smallest absolute Gasteiger partial charge is 0.169 e. The predicted octanol–water partition coefficient (Wildman–Crippen LogP) is 0.545. The molecule has 0 spiro atoms. The van der Waals surface area contributed by atoms with E-state index in [4.69, 9.17) is 4.42 Å². The third kappa shape index (κ3) is 2.52. The van der Waals surface area contributed by atoms with Crippen LogP contribution in [-0.2, 0) is 7.05 Å². The van der Waals surface area contributed by atoms with Crippen LogP contribution in [0.2, 0.25) is 0 Å². The molecule has 2 heterocycles. The number of furan rings is 1. The molecule has 0 radical (unpaired) electrons. The molecule has 0 saturated heterocycles. The van der Waals surface area contributed by atoms with Crippen LogP contribution in [0.25, 0.3) is 22.3 Å². The molecule has 0 amide bonds. The lowest BCUT2D eigenvalue weighted by Crippen LogP contribution is -3.00. The van der Waals surface area contributed by atoms with Gasteiger partial charge in [0, 0.05) is 23.1 Å². The van der Waals surface area contributed by atoms with Gasteiger partial charge in [-0.1, -0.05) is 12.1 Å². The maximum atomic E-state index is 6.00. The lowest BCUT2D eigenvalue weighted by Gasteiger charge is -1.97. The average Bonchev–Trinajstić information content (AvgIpc) is 2.81. The highest BCUT2D eigenvalue weighted by molar-refractivity contribution is 5.87. The Bertz CT molecular complexity index is 674. The molecule has 3 rings (SSSR count). The first kappa shape index (κ1) is 14.1. The maximum absolute atomic E-state index is 6.00. The van der Waals surface area contributed by atoms with Gasteiger partial charge in [0.25, 0.3) is 0 Å². The molecule has 1 aromatic carbocycles. The van der Waals surface area contributed by atoms with Crippen LogP contribution in [-0.4, -0.2) is 0 Å². The molecule has 0 fully saturated rings. The van der Waals surface area contributed by atoms with Crippen molar-refractivity contribution in [1.29, 1.82) is 0 Å². The van der Waals surface area contributed by atoms with Crippen LogP contribution < -0.4 is 28.5 Å². The van der Waals surface area contributed by atoms with E-state index in [-0.39, 0.29) is 24.0 Å². The number of nitrogens with zero attached hydrogens (tertiary/aromatic N) is 1. The van der Waals surface area contributed by atoms with Crippen LogP contribution >= 0.6 is 0 Å². The van der Waals surface area contributed by atoms with E-state index in [9.17, 15) is 0 Å². The Hall–Kier alpha value is -1.36. The molecule has 0 aliphatic carbocycles. The van der Waals surface area contributed by atoms with Crippen molar-refractivity contribution in [1.82, 2.24) is 0 Å². The predicted molar refractivity (Wildman–Crippen MR) is 72.3 cm³/mol. The van der Waals surface area contributed by atoms with Crippen molar-refractivity contribution in [3.8, 4) is 11.3 Å². The van der Waals surface area contributed by atoms with E-state index in [0.717, 1.165) is 16.9 Å². The number of aromatic nitrogens is 1. The van der Waals surface area contributed by atoms with Gasteiger partial charge in [-0.2, -0.15) is 0 Å². The van der Waals surface area contributed by atoms with E-state index in [1.54, 1.807) is 0 Å². The second-order valence-electron chi connectivity index (χ2n) is 4.81. The summed E-state index contributed by atoms with van der Waals surface area (Å²) in [6, 6.07) is 10.5. The highest BCUT2D eigenvalue weighted by Crippen LogP contribution is 2.31. The number of hydrogen-bond donors (Lipinski definition) is 0. The van der Waals surface area contributed by atoms with Crippen LogP contribution in [0.4, 0.5) is 0 Å². The van der Waals surface area contributed by atoms with Gasteiger partial charge in [0.05, 0.1) is 0 Å². The number of aryl methyl sites for hydroxylation is 3. The Kier molecular flexibility index (Phi) is 3.94. The summed E-state index contributed by atoms with van der Waals surface area (Å²) in [5.74, 6) is 0.933. The standard InChI is InChI=1S/C16H16NO.HI/c1-11-4-5-12(2)16-14(11)10-15(18-16)13-6-8-17(3)9-7-13;/h4-10H,1-3H3;1H/q+1;/p-1. The van der Waals surface area contributed by atoms with Crippen molar-refractivity contribution in [2.45, 2.75) is 13.8 Å². The number of hydrogen-bond acceptors (Lipinski definition) is 1. The van der Waals surface area contributed by atoms with Crippen molar-refractivity contribution < 1.29 is 33.0 Å². The molecule has 98 valence electrons. The van der Waals surface area contributed by atoms with E-state index in [2.05, 4.69) is 44.2 Å². The number of pyridine rings is 1. The minimum absolute atomic E-state index is 0. The molecule has 0 unspecified atom stereocenters. The molecule has 3 aromatic rings. The van der Waals surface area contributed by atoms with Gasteiger partial charge in [0.1, 0.15) is 18.4 Å². The average molecular weight is 365 g/mol. The summed E-state index contributed by atoms with van der Waals surface area (Å²) in [6.07, 6.45) is 4.06. The van der Waals surface area contributed by atoms with Crippen LogP contribution in [0.3, 0.4) is 0 Å². The van der Waals surface area contributed by atoms with E-state index >= 15 is 0 Å². The number of benzene rings is 1.